The van der Waals surface area contributed by atoms with Crippen LogP contribution in [0.3, 0.4) is 0 Å². The third-order valence-electron chi connectivity index (χ3n) is 3.49. The molecule has 3 nitrogen and oxygen atoms in total. The molecular formula is C13H13BrF3NO2. The average molecular weight is 352 g/mol. The molecule has 110 valence electrons. The Kier molecular flexibility index (Phi) is 4.27. The second-order valence-corrected chi connectivity index (χ2v) is 5.63. The van der Waals surface area contributed by atoms with Gasteiger partial charge in [0, 0.05) is 17.6 Å². The summed E-state index contributed by atoms with van der Waals surface area (Å²) in [5.74, 6) is -2.27. The number of piperidine rings is 1. The Balaban J connectivity index is 2.09. The average Bonchev–Trinajstić information content (AvgIpc) is 2.37. The Bertz CT molecular complexity index is 511. The first-order valence-electron chi connectivity index (χ1n) is 6.13. The number of halogens is 4. The van der Waals surface area contributed by atoms with Gasteiger partial charge in [-0.25, -0.2) is 4.79 Å². The third kappa shape index (κ3) is 3.26. The van der Waals surface area contributed by atoms with Gasteiger partial charge in [-0.05, 0) is 47.0 Å². The number of aromatic carboxylic acids is 1. The Labute approximate surface area is 122 Å². The van der Waals surface area contributed by atoms with Gasteiger partial charge in [0.25, 0.3) is 0 Å². The van der Waals surface area contributed by atoms with Crippen molar-refractivity contribution < 1.29 is 23.1 Å². The first kappa shape index (κ1) is 15.2. The normalized spacial score (nSPS) is 17.3. The van der Waals surface area contributed by atoms with Crippen LogP contribution in [-0.4, -0.2) is 30.3 Å². The summed E-state index contributed by atoms with van der Waals surface area (Å²) in [5.41, 5.74) is 0.876. The Morgan fingerprint density at radius 3 is 2.35 bits per heavy atom. The lowest BCUT2D eigenvalue weighted by Crippen LogP contribution is -2.39. The third-order valence-corrected chi connectivity index (χ3v) is 4.13. The number of hydrogen-bond donors (Lipinski definition) is 1. The molecule has 0 bridgehead atoms. The molecule has 0 atom stereocenters. The van der Waals surface area contributed by atoms with Crippen LogP contribution in [0.2, 0.25) is 0 Å². The molecule has 0 radical (unpaired) electrons. The van der Waals surface area contributed by atoms with Gasteiger partial charge in [0.15, 0.2) is 0 Å². The van der Waals surface area contributed by atoms with E-state index in [9.17, 15) is 18.0 Å². The van der Waals surface area contributed by atoms with Crippen LogP contribution in [0.25, 0.3) is 0 Å². The predicted octanol–water partition coefficient (Wildman–Crippen LogP) is 3.93. The standard InChI is InChI=1S/C13H13BrF3NO2/c14-10-7-8(12(19)20)1-2-11(10)18-5-3-9(4-6-18)13(15,16)17/h1-2,7,9H,3-6H2,(H,19,20). The van der Waals surface area contributed by atoms with Crippen LogP contribution < -0.4 is 4.90 Å². The molecule has 1 aliphatic rings. The van der Waals surface area contributed by atoms with E-state index >= 15 is 0 Å². The van der Waals surface area contributed by atoms with Crippen LogP contribution in [0.5, 0.6) is 0 Å². The number of carbonyl (C=O) groups is 1. The highest BCUT2D eigenvalue weighted by molar-refractivity contribution is 9.10. The van der Waals surface area contributed by atoms with E-state index in [0.29, 0.717) is 17.6 Å². The second-order valence-electron chi connectivity index (χ2n) is 4.77. The predicted molar refractivity (Wildman–Crippen MR) is 72.1 cm³/mol. The number of anilines is 1. The molecule has 0 aromatic heterocycles. The molecular weight excluding hydrogens is 339 g/mol. The van der Waals surface area contributed by atoms with Crippen molar-refractivity contribution in [3.05, 3.63) is 28.2 Å². The van der Waals surface area contributed by atoms with E-state index in [-0.39, 0.29) is 18.4 Å². The lowest BCUT2D eigenvalue weighted by atomic mass is 9.96. The minimum Gasteiger partial charge on any atom is -0.478 e. The van der Waals surface area contributed by atoms with Gasteiger partial charge in [-0.2, -0.15) is 13.2 Å². The topological polar surface area (TPSA) is 40.5 Å². The summed E-state index contributed by atoms with van der Waals surface area (Å²) < 4.78 is 38.4. The van der Waals surface area contributed by atoms with Crippen molar-refractivity contribution in [2.24, 2.45) is 5.92 Å². The smallest absolute Gasteiger partial charge is 0.391 e. The second kappa shape index (κ2) is 5.63. The molecule has 0 amide bonds. The molecule has 1 N–H and O–H groups in total. The molecule has 2 rings (SSSR count). The fourth-order valence-corrected chi connectivity index (χ4v) is 2.97. The Hall–Kier alpha value is -1.24. The maximum atomic E-state index is 12.6. The van der Waals surface area contributed by atoms with Crippen molar-refractivity contribution >= 4 is 27.6 Å². The summed E-state index contributed by atoms with van der Waals surface area (Å²) in [5, 5.41) is 8.88. The molecule has 0 unspecified atom stereocenters. The van der Waals surface area contributed by atoms with Gasteiger partial charge in [0.1, 0.15) is 0 Å². The quantitative estimate of drug-likeness (QED) is 0.877. The van der Waals surface area contributed by atoms with Gasteiger partial charge in [-0.15, -0.1) is 0 Å². The molecule has 0 spiro atoms. The van der Waals surface area contributed by atoms with E-state index in [4.69, 9.17) is 5.11 Å². The molecule has 1 aromatic carbocycles. The highest BCUT2D eigenvalue weighted by Gasteiger charge is 2.41. The monoisotopic (exact) mass is 351 g/mol. The lowest BCUT2D eigenvalue weighted by molar-refractivity contribution is -0.179. The molecule has 0 saturated carbocycles. The van der Waals surface area contributed by atoms with Crippen molar-refractivity contribution in [2.75, 3.05) is 18.0 Å². The maximum absolute atomic E-state index is 12.6. The fraction of sp³-hybridized carbons (Fsp3) is 0.462. The van der Waals surface area contributed by atoms with E-state index in [0.717, 1.165) is 5.69 Å². The summed E-state index contributed by atoms with van der Waals surface area (Å²) in [4.78, 5) is 12.7. The molecule has 1 heterocycles. The summed E-state index contributed by atoms with van der Waals surface area (Å²) in [6, 6.07) is 4.55. The number of nitrogens with zero attached hydrogens (tertiary/aromatic N) is 1. The van der Waals surface area contributed by atoms with Crippen LogP contribution >= 0.6 is 15.9 Å². The van der Waals surface area contributed by atoms with E-state index in [2.05, 4.69) is 15.9 Å². The first-order chi connectivity index (χ1) is 9.29. The first-order valence-corrected chi connectivity index (χ1v) is 6.93. The van der Waals surface area contributed by atoms with Crippen molar-refractivity contribution in [1.29, 1.82) is 0 Å². The minimum absolute atomic E-state index is 0.0661. The summed E-state index contributed by atoms with van der Waals surface area (Å²) in [6.07, 6.45) is -4.00. The number of rotatable bonds is 2. The summed E-state index contributed by atoms with van der Waals surface area (Å²) >= 11 is 3.28. The zero-order chi connectivity index (χ0) is 14.9. The lowest BCUT2D eigenvalue weighted by Gasteiger charge is -2.35. The number of alkyl halides is 3. The van der Waals surface area contributed by atoms with Crippen molar-refractivity contribution in [1.82, 2.24) is 0 Å². The van der Waals surface area contributed by atoms with Crippen LogP contribution in [0.1, 0.15) is 23.2 Å². The number of carboxylic acid groups (broad SMARTS) is 1. The minimum atomic E-state index is -4.13. The van der Waals surface area contributed by atoms with Gasteiger partial charge in [0.05, 0.1) is 17.2 Å². The number of benzene rings is 1. The number of carboxylic acids is 1. The highest BCUT2D eigenvalue weighted by Crippen LogP contribution is 2.37. The fourth-order valence-electron chi connectivity index (χ4n) is 2.34. The largest absolute Gasteiger partial charge is 0.478 e. The zero-order valence-corrected chi connectivity index (χ0v) is 12.0. The van der Waals surface area contributed by atoms with Gasteiger partial charge in [0.2, 0.25) is 0 Å². The van der Waals surface area contributed by atoms with Crippen LogP contribution in [0.4, 0.5) is 18.9 Å². The number of hydrogen-bond acceptors (Lipinski definition) is 2. The molecule has 0 aliphatic carbocycles. The van der Waals surface area contributed by atoms with E-state index in [1.165, 1.54) is 12.1 Å². The van der Waals surface area contributed by atoms with Gasteiger partial charge in [-0.1, -0.05) is 0 Å². The van der Waals surface area contributed by atoms with Crippen LogP contribution in [0.15, 0.2) is 22.7 Å². The van der Waals surface area contributed by atoms with Crippen LogP contribution in [0, 0.1) is 5.92 Å². The molecule has 1 saturated heterocycles. The highest BCUT2D eigenvalue weighted by atomic mass is 79.9. The maximum Gasteiger partial charge on any atom is 0.391 e. The van der Waals surface area contributed by atoms with Gasteiger partial charge in [-0.3, -0.25) is 0 Å². The molecule has 1 aromatic rings. The molecule has 1 aliphatic heterocycles. The zero-order valence-electron chi connectivity index (χ0n) is 10.5. The summed E-state index contributed by atoms with van der Waals surface area (Å²) in [6.45, 7) is 0.629. The van der Waals surface area contributed by atoms with Crippen LogP contribution in [-0.2, 0) is 0 Å². The van der Waals surface area contributed by atoms with Crippen molar-refractivity contribution in [3.63, 3.8) is 0 Å². The van der Waals surface area contributed by atoms with Gasteiger partial charge >= 0.3 is 12.1 Å². The van der Waals surface area contributed by atoms with E-state index in [1.54, 1.807) is 6.07 Å². The van der Waals surface area contributed by atoms with E-state index < -0.39 is 18.1 Å². The molecule has 1 fully saturated rings. The van der Waals surface area contributed by atoms with Gasteiger partial charge < -0.3 is 10.0 Å². The van der Waals surface area contributed by atoms with E-state index in [1.807, 2.05) is 4.90 Å². The summed E-state index contributed by atoms with van der Waals surface area (Å²) in [7, 11) is 0. The molecule has 20 heavy (non-hydrogen) atoms. The molecule has 7 heteroatoms. The Morgan fingerprint density at radius 1 is 1.30 bits per heavy atom. The van der Waals surface area contributed by atoms with Crippen molar-refractivity contribution in [3.8, 4) is 0 Å². The SMILES string of the molecule is O=C(O)c1ccc(N2CCC(C(F)(F)F)CC2)c(Br)c1. The van der Waals surface area contributed by atoms with Crippen molar-refractivity contribution in [2.45, 2.75) is 19.0 Å². The Morgan fingerprint density at radius 2 is 1.90 bits per heavy atom.